The normalized spacial score (nSPS) is 11.0. The fraction of sp³-hybridized carbons (Fsp3) is 0.0938. The van der Waals surface area contributed by atoms with Crippen LogP contribution in [0.25, 0.3) is 10.9 Å². The van der Waals surface area contributed by atoms with E-state index in [1.165, 1.54) is 4.90 Å². The molecule has 0 spiro atoms. The van der Waals surface area contributed by atoms with Gasteiger partial charge in [0.1, 0.15) is 5.56 Å². The summed E-state index contributed by atoms with van der Waals surface area (Å²) in [5.41, 5.74) is 2.42. The van der Waals surface area contributed by atoms with Crippen LogP contribution in [0.3, 0.4) is 0 Å². The molecule has 188 valence electrons. The van der Waals surface area contributed by atoms with Gasteiger partial charge in [-0.05, 0) is 46.3 Å². The Hall–Kier alpha value is -4.81. The lowest BCUT2D eigenvalue weighted by Gasteiger charge is -2.21. The number of aromatic nitrogens is 1. The van der Waals surface area contributed by atoms with Gasteiger partial charge in [-0.1, -0.05) is 91.0 Å². The number of amides is 1. The third-order valence-electron chi connectivity index (χ3n) is 6.69. The second kappa shape index (κ2) is 10.7. The maximum absolute atomic E-state index is 14.3. The Labute approximate surface area is 220 Å². The van der Waals surface area contributed by atoms with Crippen molar-refractivity contribution >= 4 is 28.4 Å². The molecule has 0 saturated carbocycles. The van der Waals surface area contributed by atoms with E-state index in [2.05, 4.69) is 0 Å². The topological polar surface area (TPSA) is 79.6 Å². The van der Waals surface area contributed by atoms with Crippen LogP contribution in [0.4, 0.5) is 5.69 Å². The van der Waals surface area contributed by atoms with Crippen LogP contribution in [0, 0.1) is 0 Å². The molecule has 38 heavy (non-hydrogen) atoms. The number of fused-ring (bicyclic) bond motifs is 1. The van der Waals surface area contributed by atoms with E-state index in [1.807, 2.05) is 60.7 Å². The Morgan fingerprint density at radius 3 is 1.92 bits per heavy atom. The Kier molecular flexibility index (Phi) is 6.98. The first kappa shape index (κ1) is 24.9. The third kappa shape index (κ3) is 4.65. The van der Waals surface area contributed by atoms with Crippen LogP contribution >= 0.6 is 0 Å². The first-order valence-corrected chi connectivity index (χ1v) is 12.3. The molecule has 1 amide bonds. The summed E-state index contributed by atoms with van der Waals surface area (Å²) in [6, 6.07) is 34.1. The van der Waals surface area contributed by atoms with Crippen molar-refractivity contribution in [3.05, 3.63) is 148 Å². The largest absolute Gasteiger partial charge is 0.392 e. The van der Waals surface area contributed by atoms with Crippen LogP contribution in [-0.2, 0) is 6.61 Å². The molecule has 0 bridgehead atoms. The smallest absolute Gasteiger partial charge is 0.270 e. The van der Waals surface area contributed by atoms with E-state index in [0.717, 1.165) is 15.7 Å². The van der Waals surface area contributed by atoms with Gasteiger partial charge in [0.05, 0.1) is 18.0 Å². The van der Waals surface area contributed by atoms with Crippen molar-refractivity contribution in [2.45, 2.75) is 12.5 Å². The van der Waals surface area contributed by atoms with Gasteiger partial charge in [0.15, 0.2) is 0 Å². The fourth-order valence-corrected chi connectivity index (χ4v) is 4.65. The van der Waals surface area contributed by atoms with Crippen molar-refractivity contribution in [1.82, 2.24) is 4.57 Å². The van der Waals surface area contributed by atoms with E-state index in [0.29, 0.717) is 22.2 Å². The number of aliphatic hydroxyl groups is 1. The molecule has 6 nitrogen and oxygen atoms in total. The number of aliphatic hydroxyl groups excluding tert-OH is 1. The quantitative estimate of drug-likeness (QED) is 0.344. The summed E-state index contributed by atoms with van der Waals surface area (Å²) >= 11 is 0. The molecule has 4 aromatic carbocycles. The second-order valence-electron chi connectivity index (χ2n) is 9.04. The number of benzene rings is 4. The third-order valence-corrected chi connectivity index (χ3v) is 6.69. The SMILES string of the molecule is CN(C(=O)c1cc2ccccc2n(C(=O)C(c2ccccc2)c2ccccc2)c1=O)c1ccc(CO)cc1. The van der Waals surface area contributed by atoms with Crippen LogP contribution in [0.5, 0.6) is 0 Å². The number of pyridine rings is 1. The summed E-state index contributed by atoms with van der Waals surface area (Å²) in [5, 5.41) is 9.93. The fourth-order valence-electron chi connectivity index (χ4n) is 4.65. The van der Waals surface area contributed by atoms with Gasteiger partial charge < -0.3 is 10.0 Å². The Morgan fingerprint density at radius 1 is 0.789 bits per heavy atom. The van der Waals surface area contributed by atoms with E-state index in [-0.39, 0.29) is 12.2 Å². The van der Waals surface area contributed by atoms with Gasteiger partial charge in [0.2, 0.25) is 5.91 Å². The van der Waals surface area contributed by atoms with Crippen LogP contribution in [-0.4, -0.2) is 28.5 Å². The van der Waals surface area contributed by atoms with Crippen LogP contribution in [0.1, 0.15) is 37.8 Å². The number of carbonyl (C=O) groups excluding carboxylic acids is 2. The lowest BCUT2D eigenvalue weighted by molar-refractivity contribution is 0.0894. The Morgan fingerprint density at radius 2 is 1.34 bits per heavy atom. The molecule has 0 aliphatic carbocycles. The standard InChI is InChI=1S/C32H26N2O4/c1-33(26-18-16-22(21-35)17-19-26)30(36)27-20-25-14-8-9-15-28(25)34(31(27)37)32(38)29(23-10-4-2-5-11-23)24-12-6-3-7-13-24/h2-20,29,35H,21H2,1H3. The molecule has 0 aliphatic rings. The maximum atomic E-state index is 14.3. The lowest BCUT2D eigenvalue weighted by atomic mass is 9.90. The molecular weight excluding hydrogens is 476 g/mol. The number of hydrogen-bond donors (Lipinski definition) is 1. The maximum Gasteiger partial charge on any atom is 0.270 e. The van der Waals surface area contributed by atoms with E-state index in [1.54, 1.807) is 61.6 Å². The zero-order chi connectivity index (χ0) is 26.6. The number of carbonyl (C=O) groups is 2. The summed E-state index contributed by atoms with van der Waals surface area (Å²) in [4.78, 5) is 43.2. The van der Waals surface area contributed by atoms with Crippen LogP contribution in [0.15, 0.2) is 120 Å². The highest BCUT2D eigenvalue weighted by Gasteiger charge is 2.29. The van der Waals surface area contributed by atoms with Crippen LogP contribution < -0.4 is 10.5 Å². The average Bonchev–Trinajstić information content (AvgIpc) is 2.97. The molecule has 0 saturated heterocycles. The molecule has 6 heteroatoms. The minimum atomic E-state index is -0.743. The first-order valence-electron chi connectivity index (χ1n) is 12.3. The number of hydrogen-bond acceptors (Lipinski definition) is 4. The summed E-state index contributed by atoms with van der Waals surface area (Å²) < 4.78 is 1.13. The molecule has 0 fully saturated rings. The highest BCUT2D eigenvalue weighted by molar-refractivity contribution is 6.08. The number of anilines is 1. The second-order valence-corrected chi connectivity index (χ2v) is 9.04. The molecule has 5 aromatic rings. The summed E-state index contributed by atoms with van der Waals surface area (Å²) in [6.45, 7) is -0.112. The van der Waals surface area contributed by atoms with E-state index in [4.69, 9.17) is 0 Å². The van der Waals surface area contributed by atoms with Gasteiger partial charge in [0, 0.05) is 12.7 Å². The predicted octanol–water partition coefficient (Wildman–Crippen LogP) is 5.24. The minimum Gasteiger partial charge on any atom is -0.392 e. The van der Waals surface area contributed by atoms with Crippen molar-refractivity contribution in [2.75, 3.05) is 11.9 Å². The molecule has 0 radical (unpaired) electrons. The summed E-state index contributed by atoms with van der Waals surface area (Å²) in [5.74, 6) is -1.71. The van der Waals surface area contributed by atoms with Crippen molar-refractivity contribution in [3.63, 3.8) is 0 Å². The molecule has 1 N–H and O–H groups in total. The first-order chi connectivity index (χ1) is 18.5. The van der Waals surface area contributed by atoms with Crippen molar-refractivity contribution in [1.29, 1.82) is 0 Å². The lowest BCUT2D eigenvalue weighted by Crippen LogP contribution is -2.38. The van der Waals surface area contributed by atoms with Crippen molar-refractivity contribution < 1.29 is 14.7 Å². The monoisotopic (exact) mass is 502 g/mol. The zero-order valence-electron chi connectivity index (χ0n) is 20.8. The molecule has 5 rings (SSSR count). The number of rotatable bonds is 6. The van der Waals surface area contributed by atoms with E-state index >= 15 is 0 Å². The molecule has 0 aliphatic heterocycles. The Bertz CT molecular complexity index is 1620. The molecule has 0 atom stereocenters. The van der Waals surface area contributed by atoms with Gasteiger partial charge >= 0.3 is 0 Å². The molecular formula is C32H26N2O4. The Balaban J connectivity index is 1.67. The predicted molar refractivity (Wildman–Crippen MR) is 149 cm³/mol. The molecule has 1 aromatic heterocycles. The summed E-state index contributed by atoms with van der Waals surface area (Å²) in [6.07, 6.45) is 0. The van der Waals surface area contributed by atoms with Crippen molar-refractivity contribution in [2.24, 2.45) is 0 Å². The van der Waals surface area contributed by atoms with Gasteiger partial charge in [-0.2, -0.15) is 0 Å². The van der Waals surface area contributed by atoms with Gasteiger partial charge in [-0.15, -0.1) is 0 Å². The number of nitrogens with zero attached hydrogens (tertiary/aromatic N) is 2. The highest BCUT2D eigenvalue weighted by atomic mass is 16.3. The molecule has 0 unspecified atom stereocenters. The van der Waals surface area contributed by atoms with Crippen molar-refractivity contribution in [3.8, 4) is 0 Å². The number of para-hydroxylation sites is 1. The minimum absolute atomic E-state index is 0.106. The average molecular weight is 503 g/mol. The van der Waals surface area contributed by atoms with Crippen LogP contribution in [0.2, 0.25) is 0 Å². The van der Waals surface area contributed by atoms with Gasteiger partial charge in [0.25, 0.3) is 11.5 Å². The van der Waals surface area contributed by atoms with E-state index in [9.17, 15) is 19.5 Å². The molecule has 1 heterocycles. The highest BCUT2D eigenvalue weighted by Crippen LogP contribution is 2.28. The summed E-state index contributed by atoms with van der Waals surface area (Å²) in [7, 11) is 1.58. The van der Waals surface area contributed by atoms with Gasteiger partial charge in [-0.3, -0.25) is 14.4 Å². The zero-order valence-corrected chi connectivity index (χ0v) is 20.8. The van der Waals surface area contributed by atoms with E-state index < -0.39 is 23.3 Å². The van der Waals surface area contributed by atoms with Gasteiger partial charge in [-0.25, -0.2) is 4.57 Å².